The molecule has 0 spiro atoms. The van der Waals surface area contributed by atoms with E-state index in [0.717, 1.165) is 18.9 Å². The number of aryl methyl sites for hydroxylation is 1. The minimum atomic E-state index is -3.90. The Balaban J connectivity index is 1.91. The van der Waals surface area contributed by atoms with Gasteiger partial charge in [0.25, 0.3) is 0 Å². The quantitative estimate of drug-likeness (QED) is 0.824. The molecule has 1 aromatic carbocycles. The molecule has 5 nitrogen and oxygen atoms in total. The van der Waals surface area contributed by atoms with Gasteiger partial charge in [0.1, 0.15) is 11.9 Å². The Bertz CT molecular complexity index is 734. The number of hydrogen-bond donors (Lipinski definition) is 0. The van der Waals surface area contributed by atoms with Gasteiger partial charge in [0, 0.05) is 18.8 Å². The third-order valence-corrected chi connectivity index (χ3v) is 7.48. The lowest BCUT2D eigenvalue weighted by Crippen LogP contribution is -2.48. The van der Waals surface area contributed by atoms with Crippen LogP contribution in [-0.2, 0) is 14.8 Å². The summed E-state index contributed by atoms with van der Waals surface area (Å²) in [5.41, 5.74) is 0.477. The molecule has 8 heteroatoms. The zero-order chi connectivity index (χ0) is 16.8. The SMILES string of the molecule is Cc1ccc(F)cc1S(=O)(=O)N1CSCC1C(=O)N(C)C1CC1. The van der Waals surface area contributed by atoms with Gasteiger partial charge in [0.05, 0.1) is 10.8 Å². The Morgan fingerprint density at radius 2 is 2.09 bits per heavy atom. The molecule has 0 bridgehead atoms. The van der Waals surface area contributed by atoms with Crippen LogP contribution in [0.5, 0.6) is 0 Å². The fourth-order valence-corrected chi connectivity index (χ4v) is 6.09. The van der Waals surface area contributed by atoms with Gasteiger partial charge in [-0.25, -0.2) is 12.8 Å². The molecule has 1 aromatic rings. The summed E-state index contributed by atoms with van der Waals surface area (Å²) in [5.74, 6) is -0.120. The van der Waals surface area contributed by atoms with E-state index < -0.39 is 21.9 Å². The second-order valence-corrected chi connectivity index (χ2v) is 8.86. The minimum absolute atomic E-state index is 0.0631. The number of carbonyl (C=O) groups is 1. The van der Waals surface area contributed by atoms with E-state index >= 15 is 0 Å². The Hall–Kier alpha value is -1.12. The highest BCUT2D eigenvalue weighted by atomic mass is 32.2. The van der Waals surface area contributed by atoms with Crippen LogP contribution in [0.15, 0.2) is 23.1 Å². The zero-order valence-electron chi connectivity index (χ0n) is 13.0. The fourth-order valence-electron chi connectivity index (χ4n) is 2.71. The molecule has 0 aromatic heterocycles. The van der Waals surface area contributed by atoms with Crippen molar-refractivity contribution in [2.45, 2.75) is 36.7 Å². The second kappa shape index (κ2) is 6.07. The molecule has 1 unspecified atom stereocenters. The molecule has 1 saturated carbocycles. The topological polar surface area (TPSA) is 57.7 Å². The number of sulfonamides is 1. The minimum Gasteiger partial charge on any atom is -0.341 e. The maximum Gasteiger partial charge on any atom is 0.244 e. The molecule has 1 saturated heterocycles. The second-order valence-electron chi connectivity index (χ2n) is 6.00. The maximum absolute atomic E-state index is 13.5. The number of hydrogen-bond acceptors (Lipinski definition) is 4. The molecule has 0 N–H and O–H groups in total. The monoisotopic (exact) mass is 358 g/mol. The number of thioether (sulfide) groups is 1. The number of benzene rings is 1. The van der Waals surface area contributed by atoms with Gasteiger partial charge < -0.3 is 4.90 Å². The van der Waals surface area contributed by atoms with E-state index in [1.807, 2.05) is 0 Å². The lowest BCUT2D eigenvalue weighted by Gasteiger charge is -2.27. The van der Waals surface area contributed by atoms with E-state index in [-0.39, 0.29) is 22.7 Å². The van der Waals surface area contributed by atoms with E-state index in [0.29, 0.717) is 11.3 Å². The first-order chi connectivity index (χ1) is 10.8. The molecule has 126 valence electrons. The molecule has 1 aliphatic carbocycles. The van der Waals surface area contributed by atoms with Crippen molar-refractivity contribution in [3.63, 3.8) is 0 Å². The summed E-state index contributed by atoms with van der Waals surface area (Å²) in [6.07, 6.45) is 1.94. The van der Waals surface area contributed by atoms with Crippen LogP contribution in [0, 0.1) is 12.7 Å². The molecule has 1 aliphatic heterocycles. The van der Waals surface area contributed by atoms with Gasteiger partial charge >= 0.3 is 0 Å². The molecule has 0 radical (unpaired) electrons. The highest BCUT2D eigenvalue weighted by Gasteiger charge is 2.43. The molecule has 1 heterocycles. The third kappa shape index (κ3) is 3.12. The Kier molecular flexibility index (Phi) is 4.41. The van der Waals surface area contributed by atoms with E-state index in [1.54, 1.807) is 18.9 Å². The number of carbonyl (C=O) groups excluding carboxylic acids is 1. The van der Waals surface area contributed by atoms with Gasteiger partial charge in [-0.05, 0) is 37.5 Å². The van der Waals surface area contributed by atoms with Gasteiger partial charge in [-0.3, -0.25) is 4.79 Å². The molecule has 2 fully saturated rings. The highest BCUT2D eigenvalue weighted by molar-refractivity contribution is 8.00. The molecule has 1 atom stereocenters. The first-order valence-electron chi connectivity index (χ1n) is 7.45. The molecule has 2 aliphatic rings. The van der Waals surface area contributed by atoms with Gasteiger partial charge in [0.15, 0.2) is 0 Å². The van der Waals surface area contributed by atoms with Crippen LogP contribution in [0.4, 0.5) is 4.39 Å². The van der Waals surface area contributed by atoms with Crippen LogP contribution in [-0.4, -0.2) is 54.3 Å². The lowest BCUT2D eigenvalue weighted by molar-refractivity contribution is -0.133. The van der Waals surface area contributed by atoms with Crippen LogP contribution in [0.1, 0.15) is 18.4 Å². The van der Waals surface area contributed by atoms with Crippen molar-refractivity contribution in [1.82, 2.24) is 9.21 Å². The first kappa shape index (κ1) is 16.7. The summed E-state index contributed by atoms with van der Waals surface area (Å²) in [6.45, 7) is 1.63. The van der Waals surface area contributed by atoms with Crippen molar-refractivity contribution in [2.75, 3.05) is 18.7 Å². The average Bonchev–Trinajstić information content (AvgIpc) is 3.24. The van der Waals surface area contributed by atoms with Crippen molar-refractivity contribution in [2.24, 2.45) is 0 Å². The predicted octanol–water partition coefficient (Wildman–Crippen LogP) is 1.82. The lowest BCUT2D eigenvalue weighted by atomic mass is 10.2. The summed E-state index contributed by atoms with van der Waals surface area (Å²) in [6, 6.07) is 3.22. The Morgan fingerprint density at radius 3 is 2.74 bits per heavy atom. The maximum atomic E-state index is 13.5. The number of rotatable bonds is 4. The summed E-state index contributed by atoms with van der Waals surface area (Å²) in [4.78, 5) is 14.2. The summed E-state index contributed by atoms with van der Waals surface area (Å²) >= 11 is 1.41. The Morgan fingerprint density at radius 1 is 1.39 bits per heavy atom. The van der Waals surface area contributed by atoms with Crippen molar-refractivity contribution in [3.05, 3.63) is 29.6 Å². The van der Waals surface area contributed by atoms with E-state index in [1.165, 1.54) is 28.2 Å². The number of amides is 1. The van der Waals surface area contributed by atoms with Crippen LogP contribution >= 0.6 is 11.8 Å². The molecular formula is C15H19FN2O3S2. The largest absolute Gasteiger partial charge is 0.341 e. The molecule has 3 rings (SSSR count). The number of likely N-dealkylation sites (N-methyl/N-ethyl adjacent to an activating group) is 1. The van der Waals surface area contributed by atoms with Crippen LogP contribution in [0.2, 0.25) is 0 Å². The average molecular weight is 358 g/mol. The van der Waals surface area contributed by atoms with Crippen molar-refractivity contribution >= 4 is 27.7 Å². The number of nitrogens with zero attached hydrogens (tertiary/aromatic N) is 2. The van der Waals surface area contributed by atoms with E-state index in [2.05, 4.69) is 0 Å². The van der Waals surface area contributed by atoms with Gasteiger partial charge in [-0.1, -0.05) is 6.07 Å². The van der Waals surface area contributed by atoms with Crippen LogP contribution in [0.3, 0.4) is 0 Å². The van der Waals surface area contributed by atoms with Gasteiger partial charge in [-0.2, -0.15) is 4.31 Å². The molecule has 23 heavy (non-hydrogen) atoms. The van der Waals surface area contributed by atoms with Crippen molar-refractivity contribution < 1.29 is 17.6 Å². The molecular weight excluding hydrogens is 339 g/mol. The standard InChI is InChI=1S/C15H19FN2O3S2/c1-10-3-4-11(16)7-14(10)23(20,21)18-9-22-8-13(18)15(19)17(2)12-5-6-12/h3-4,7,12-13H,5-6,8-9H2,1-2H3. The summed E-state index contributed by atoms with van der Waals surface area (Å²) in [5, 5.41) is 0. The predicted molar refractivity (Wildman–Crippen MR) is 87.1 cm³/mol. The van der Waals surface area contributed by atoms with Gasteiger partial charge in [0.2, 0.25) is 15.9 Å². The fraction of sp³-hybridized carbons (Fsp3) is 0.533. The van der Waals surface area contributed by atoms with E-state index in [4.69, 9.17) is 0 Å². The highest BCUT2D eigenvalue weighted by Crippen LogP contribution is 2.33. The first-order valence-corrected chi connectivity index (χ1v) is 10.0. The van der Waals surface area contributed by atoms with Gasteiger partial charge in [-0.15, -0.1) is 11.8 Å². The summed E-state index contributed by atoms with van der Waals surface area (Å²) in [7, 11) is -2.18. The van der Waals surface area contributed by atoms with Crippen LogP contribution in [0.25, 0.3) is 0 Å². The normalized spacial score (nSPS) is 22.3. The zero-order valence-corrected chi connectivity index (χ0v) is 14.7. The van der Waals surface area contributed by atoms with Crippen molar-refractivity contribution in [1.29, 1.82) is 0 Å². The molecule has 1 amide bonds. The summed E-state index contributed by atoms with van der Waals surface area (Å²) < 4.78 is 40.5. The van der Waals surface area contributed by atoms with E-state index in [9.17, 15) is 17.6 Å². The number of halogens is 1. The third-order valence-electron chi connectivity index (χ3n) is 4.31. The smallest absolute Gasteiger partial charge is 0.244 e. The Labute approximate surface area is 139 Å². The van der Waals surface area contributed by atoms with Crippen molar-refractivity contribution in [3.8, 4) is 0 Å². The van der Waals surface area contributed by atoms with Crippen LogP contribution < -0.4 is 0 Å².